The smallest absolute Gasteiger partial charge is 0.256 e. The minimum Gasteiger partial charge on any atom is -0.322 e. The monoisotopic (exact) mass is 372 g/mol. The van der Waals surface area contributed by atoms with Crippen molar-refractivity contribution in [1.82, 2.24) is 0 Å². The summed E-state index contributed by atoms with van der Waals surface area (Å²) in [5.74, 6) is -0.592. The number of hydrogen-bond acceptors (Lipinski definition) is 2. The Morgan fingerprint density at radius 1 is 0.607 bits per heavy atom. The molecule has 4 heteroatoms. The molecule has 28 heavy (non-hydrogen) atoms. The van der Waals surface area contributed by atoms with Crippen LogP contribution in [0.25, 0.3) is 0 Å². The highest BCUT2D eigenvalue weighted by atomic mass is 16.2. The van der Waals surface area contributed by atoms with Gasteiger partial charge in [0.1, 0.15) is 0 Å². The number of carbonyl (C=O) groups is 2. The van der Waals surface area contributed by atoms with E-state index in [0.29, 0.717) is 11.1 Å². The average Bonchev–Trinajstić information content (AvgIpc) is 2.74. The van der Waals surface area contributed by atoms with Crippen LogP contribution >= 0.6 is 0 Å². The van der Waals surface area contributed by atoms with E-state index in [4.69, 9.17) is 0 Å². The van der Waals surface area contributed by atoms with Crippen molar-refractivity contribution >= 4 is 23.2 Å². The van der Waals surface area contributed by atoms with E-state index >= 15 is 0 Å². The van der Waals surface area contributed by atoms with Crippen LogP contribution < -0.4 is 10.6 Å². The molecule has 0 radical (unpaired) electrons. The summed E-state index contributed by atoms with van der Waals surface area (Å²) in [6, 6.07) is 22.2. The largest absolute Gasteiger partial charge is 0.322 e. The lowest BCUT2D eigenvalue weighted by Gasteiger charge is -2.14. The maximum absolute atomic E-state index is 12.9. The molecule has 0 aliphatic heterocycles. The van der Waals surface area contributed by atoms with E-state index in [1.807, 2.05) is 62.4 Å². The number of para-hydroxylation sites is 2. The number of amides is 2. The van der Waals surface area contributed by atoms with Crippen molar-refractivity contribution in [3.63, 3.8) is 0 Å². The maximum Gasteiger partial charge on any atom is 0.256 e. The Morgan fingerprint density at radius 2 is 0.964 bits per heavy atom. The molecule has 0 aromatic heterocycles. The Morgan fingerprint density at radius 3 is 1.36 bits per heavy atom. The number of nitrogens with one attached hydrogen (secondary N) is 2. The van der Waals surface area contributed by atoms with Gasteiger partial charge in [-0.1, -0.05) is 62.4 Å². The molecule has 0 atom stereocenters. The Bertz CT molecular complexity index is 915. The fourth-order valence-corrected chi connectivity index (χ4v) is 3.16. The summed E-state index contributed by atoms with van der Waals surface area (Å²) in [5.41, 5.74) is 4.33. The van der Waals surface area contributed by atoms with Crippen molar-refractivity contribution in [2.24, 2.45) is 0 Å². The van der Waals surface area contributed by atoms with E-state index in [-0.39, 0.29) is 11.8 Å². The molecule has 0 spiro atoms. The van der Waals surface area contributed by atoms with Gasteiger partial charge in [0.15, 0.2) is 0 Å². The van der Waals surface area contributed by atoms with Crippen LogP contribution in [0.2, 0.25) is 0 Å². The van der Waals surface area contributed by atoms with Gasteiger partial charge < -0.3 is 10.6 Å². The van der Waals surface area contributed by atoms with Crippen LogP contribution in [0.4, 0.5) is 11.4 Å². The van der Waals surface area contributed by atoms with Crippen LogP contribution in [0, 0.1) is 0 Å². The SMILES string of the molecule is CCc1ccccc1NC(=O)c1ccccc1C(=O)Nc1ccccc1CC. The molecule has 3 aromatic carbocycles. The van der Waals surface area contributed by atoms with E-state index < -0.39 is 0 Å². The lowest BCUT2D eigenvalue weighted by Crippen LogP contribution is -2.21. The van der Waals surface area contributed by atoms with Gasteiger partial charge in [0.2, 0.25) is 0 Å². The highest BCUT2D eigenvalue weighted by Gasteiger charge is 2.18. The van der Waals surface area contributed by atoms with Crippen molar-refractivity contribution in [1.29, 1.82) is 0 Å². The van der Waals surface area contributed by atoms with Gasteiger partial charge in [-0.05, 0) is 48.2 Å². The molecule has 0 unspecified atom stereocenters. The maximum atomic E-state index is 12.9. The normalized spacial score (nSPS) is 10.4. The number of aryl methyl sites for hydroxylation is 2. The second kappa shape index (κ2) is 9.00. The summed E-state index contributed by atoms with van der Waals surface area (Å²) < 4.78 is 0. The number of benzene rings is 3. The summed E-state index contributed by atoms with van der Waals surface area (Å²) in [6.45, 7) is 4.08. The van der Waals surface area contributed by atoms with Gasteiger partial charge in [-0.3, -0.25) is 9.59 Å². The second-order valence-corrected chi connectivity index (χ2v) is 6.48. The van der Waals surface area contributed by atoms with Crippen LogP contribution in [-0.2, 0) is 12.8 Å². The quantitative estimate of drug-likeness (QED) is 0.615. The first-order chi connectivity index (χ1) is 13.6. The summed E-state index contributed by atoms with van der Waals surface area (Å²) in [4.78, 5) is 25.8. The van der Waals surface area contributed by atoms with Crippen molar-refractivity contribution in [2.75, 3.05) is 10.6 Å². The van der Waals surface area contributed by atoms with E-state index in [1.54, 1.807) is 24.3 Å². The van der Waals surface area contributed by atoms with Crippen molar-refractivity contribution in [2.45, 2.75) is 26.7 Å². The minimum absolute atomic E-state index is 0.296. The lowest BCUT2D eigenvalue weighted by atomic mass is 10.0. The first-order valence-electron chi connectivity index (χ1n) is 9.51. The highest BCUT2D eigenvalue weighted by Crippen LogP contribution is 2.20. The van der Waals surface area contributed by atoms with E-state index in [2.05, 4.69) is 10.6 Å². The predicted molar refractivity (Wildman–Crippen MR) is 114 cm³/mol. The van der Waals surface area contributed by atoms with Crippen molar-refractivity contribution in [3.05, 3.63) is 95.1 Å². The van der Waals surface area contributed by atoms with Gasteiger partial charge in [-0.25, -0.2) is 0 Å². The number of rotatable bonds is 6. The molecule has 0 aliphatic rings. The fraction of sp³-hybridized carbons (Fsp3) is 0.167. The first kappa shape index (κ1) is 19.4. The third-order valence-corrected chi connectivity index (χ3v) is 4.71. The van der Waals surface area contributed by atoms with Gasteiger partial charge in [0.05, 0.1) is 11.1 Å². The zero-order chi connectivity index (χ0) is 19.9. The van der Waals surface area contributed by atoms with E-state index in [9.17, 15) is 9.59 Å². The molecule has 0 aliphatic carbocycles. The molecule has 0 saturated carbocycles. The van der Waals surface area contributed by atoms with Crippen LogP contribution in [-0.4, -0.2) is 11.8 Å². The minimum atomic E-state index is -0.296. The van der Waals surface area contributed by atoms with Crippen LogP contribution in [0.3, 0.4) is 0 Å². The summed E-state index contributed by atoms with van der Waals surface area (Å²) in [6.07, 6.45) is 1.62. The number of hydrogen-bond donors (Lipinski definition) is 2. The van der Waals surface area contributed by atoms with Gasteiger partial charge in [-0.15, -0.1) is 0 Å². The third kappa shape index (κ3) is 4.29. The standard InChI is InChI=1S/C24H24N2O2/c1-3-17-11-5-9-15-21(17)25-23(27)19-13-7-8-14-20(19)24(28)26-22-16-10-6-12-18(22)4-2/h5-16H,3-4H2,1-2H3,(H,25,27)(H,26,28). The van der Waals surface area contributed by atoms with Crippen LogP contribution in [0.1, 0.15) is 45.7 Å². The molecule has 0 saturated heterocycles. The molecule has 0 bridgehead atoms. The summed E-state index contributed by atoms with van der Waals surface area (Å²) in [5, 5.41) is 5.88. The molecule has 2 amide bonds. The first-order valence-corrected chi connectivity index (χ1v) is 9.51. The Balaban J connectivity index is 1.86. The topological polar surface area (TPSA) is 58.2 Å². The van der Waals surface area contributed by atoms with Gasteiger partial charge in [0.25, 0.3) is 11.8 Å². The van der Waals surface area contributed by atoms with E-state index in [0.717, 1.165) is 35.3 Å². The molecular formula is C24H24N2O2. The van der Waals surface area contributed by atoms with Crippen LogP contribution in [0.15, 0.2) is 72.8 Å². The Labute approximate surface area is 165 Å². The summed E-state index contributed by atoms with van der Waals surface area (Å²) >= 11 is 0. The van der Waals surface area contributed by atoms with Crippen molar-refractivity contribution < 1.29 is 9.59 Å². The van der Waals surface area contributed by atoms with Gasteiger partial charge in [-0.2, -0.15) is 0 Å². The Kier molecular flexibility index (Phi) is 6.22. The van der Waals surface area contributed by atoms with Gasteiger partial charge in [0, 0.05) is 11.4 Å². The Hall–Kier alpha value is -3.40. The molecule has 142 valence electrons. The second-order valence-electron chi connectivity index (χ2n) is 6.48. The van der Waals surface area contributed by atoms with Gasteiger partial charge >= 0.3 is 0 Å². The highest BCUT2D eigenvalue weighted by molar-refractivity contribution is 6.15. The molecule has 2 N–H and O–H groups in total. The molecule has 3 aromatic rings. The zero-order valence-corrected chi connectivity index (χ0v) is 16.2. The number of carbonyl (C=O) groups excluding carboxylic acids is 2. The van der Waals surface area contributed by atoms with Crippen molar-refractivity contribution in [3.8, 4) is 0 Å². The molecular weight excluding hydrogens is 348 g/mol. The molecule has 0 fully saturated rings. The van der Waals surface area contributed by atoms with E-state index in [1.165, 1.54) is 0 Å². The molecule has 0 heterocycles. The van der Waals surface area contributed by atoms with Crippen LogP contribution in [0.5, 0.6) is 0 Å². The lowest BCUT2D eigenvalue weighted by molar-refractivity contribution is 0.0990. The number of anilines is 2. The molecule has 3 rings (SSSR count). The predicted octanol–water partition coefficient (Wildman–Crippen LogP) is 5.32. The zero-order valence-electron chi connectivity index (χ0n) is 16.2. The molecule has 4 nitrogen and oxygen atoms in total. The fourth-order valence-electron chi connectivity index (χ4n) is 3.16. The summed E-state index contributed by atoms with van der Waals surface area (Å²) in [7, 11) is 0. The average molecular weight is 372 g/mol. The third-order valence-electron chi connectivity index (χ3n) is 4.71.